The second kappa shape index (κ2) is 80.4. The molecule has 8 nitrogen and oxygen atoms in total. The van der Waals surface area contributed by atoms with Gasteiger partial charge >= 0.3 is 40.1 Å². The van der Waals surface area contributed by atoms with Gasteiger partial charge in [0.1, 0.15) is 0 Å². The van der Waals surface area contributed by atoms with Gasteiger partial charge in [-0.25, -0.2) is 0 Å². The maximum atomic E-state index is 8.24. The molecule has 0 bridgehead atoms. The van der Waals surface area contributed by atoms with Crippen LogP contribution in [0, 0.1) is 45.3 Å². The van der Waals surface area contributed by atoms with E-state index in [1.165, 1.54) is 0 Å². The smallest absolute Gasteiger partial charge is 0.544 e. The van der Waals surface area contributed by atoms with Gasteiger partial charge in [0.25, 0.3) is 0 Å². The Kier molecular flexibility index (Phi) is 207. The Morgan fingerprint density at radius 1 is 0.429 bits per heavy atom. The van der Waals surface area contributed by atoms with Crippen LogP contribution in [0.25, 0.3) is 0 Å². The van der Waals surface area contributed by atoms with Crippen LogP contribution in [0.3, 0.4) is 0 Å². The molecule has 0 N–H and O–H groups in total. The van der Waals surface area contributed by atoms with Gasteiger partial charge in [-0.15, -0.1) is 0 Å². The van der Waals surface area contributed by atoms with Crippen LogP contribution in [0.5, 0.6) is 0 Å². The van der Waals surface area contributed by atoms with E-state index in [-0.39, 0.29) is 40.1 Å². The minimum atomic E-state index is -0.417. The van der Waals surface area contributed by atoms with Gasteiger partial charge in [0, 0.05) is 0 Å². The van der Waals surface area contributed by atoms with E-state index >= 15 is 0 Å². The monoisotopic (exact) mass is 348 g/mol. The molecule has 0 radical (unpaired) electrons. The minimum Gasteiger partial charge on any atom is -0.544 e. The first-order chi connectivity index (χ1) is 5.66. The summed E-state index contributed by atoms with van der Waals surface area (Å²) in [5.41, 5.74) is 0. The Balaban J connectivity index is -0.0000000145. The van der Waals surface area contributed by atoms with Gasteiger partial charge in [-0.1, -0.05) is 0 Å². The van der Waals surface area contributed by atoms with Crippen molar-refractivity contribution in [3.63, 3.8) is 0 Å². The van der Waals surface area contributed by atoms with Crippen LogP contribution < -0.4 is 37.3 Å². The fourth-order valence-corrected chi connectivity index (χ4v) is 0. The summed E-state index contributed by atoms with van der Waals surface area (Å²) < 4.78 is 65.9. The zero-order chi connectivity index (χ0) is 10.8. The third-order valence-corrected chi connectivity index (χ3v) is 0. The van der Waals surface area contributed by atoms with Crippen LogP contribution in [0.4, 0.5) is 0 Å². The van der Waals surface area contributed by atoms with Crippen molar-refractivity contribution in [2.45, 2.75) is 0 Å². The molecule has 0 heterocycles. The second-order valence-corrected chi connectivity index (χ2v) is 0.756. The molecule has 0 aliphatic carbocycles. The van der Waals surface area contributed by atoms with Crippen LogP contribution in [0.2, 0.25) is 0 Å². The molecule has 0 spiro atoms. The number of hydrogen-bond acceptors (Lipinski definition) is 8. The van der Waals surface area contributed by atoms with Crippen molar-refractivity contribution < 1.29 is 99.6 Å². The largest absolute Gasteiger partial charge is 2.00 e. The summed E-state index contributed by atoms with van der Waals surface area (Å²) in [4.78, 5) is 0. The molecule has 0 aliphatic heterocycles. The molecule has 0 rings (SSSR count). The summed E-state index contributed by atoms with van der Waals surface area (Å²) in [5, 5.41) is 0. The number of rotatable bonds is 0. The predicted octanol–water partition coefficient (Wildman–Crippen LogP) is -9.90. The molecule has 0 amide bonds. The molecule has 0 saturated heterocycles. The number of hydrogen-bond donors (Lipinski definition) is 0. The van der Waals surface area contributed by atoms with E-state index < -0.39 is 45.3 Å². The van der Waals surface area contributed by atoms with E-state index in [4.69, 9.17) is 37.3 Å². The van der Waals surface area contributed by atoms with Gasteiger partial charge in [-0.05, 0) is 0 Å². The molecular weight excluding hydrogens is 350 g/mol. The molecule has 86 valence electrons. The molecule has 0 aromatic heterocycles. The Hall–Kier alpha value is 2.13. The average molecular weight is 350 g/mol. The van der Waals surface area contributed by atoms with Gasteiger partial charge in [-0.3, -0.25) is 0 Å². The summed E-state index contributed by atoms with van der Waals surface area (Å²) in [6.07, 6.45) is 0. The Morgan fingerprint density at radius 3 is 0.429 bits per heavy atom. The minimum absolute atomic E-state index is 0. The SMILES string of the molecule is [Fe+2].[Mg+2].[O-][Cl+][O-].[O-][Cl+][O-].[O-][Cl+][O-].[O-][Cl+][O-]. The van der Waals surface area contributed by atoms with Crippen molar-refractivity contribution in [3.05, 3.63) is 0 Å². The van der Waals surface area contributed by atoms with Gasteiger partial charge in [0.15, 0.2) is 0 Å². The standard InChI is InChI=1S/4ClO2.Fe.Mg/c4*2-1-3;;/q4*-1;2*+2. The Bertz CT molecular complexity index is 29.3. The predicted molar refractivity (Wildman–Crippen MR) is 5.75 cm³/mol. The van der Waals surface area contributed by atoms with Gasteiger partial charge in [0.2, 0.25) is 0 Å². The topological polar surface area (TPSA) is 184 Å². The summed E-state index contributed by atoms with van der Waals surface area (Å²) in [5.74, 6) is 0. The molecule has 0 fully saturated rings. The second-order valence-electron chi connectivity index (χ2n) is 0.252. The van der Waals surface area contributed by atoms with Crippen LogP contribution in [-0.2, 0) is 17.1 Å². The zero-order valence-electron chi connectivity index (χ0n) is 5.84. The molecule has 0 aliphatic rings. The van der Waals surface area contributed by atoms with E-state index in [1.54, 1.807) is 0 Å². The quantitative estimate of drug-likeness (QED) is 0.385. The van der Waals surface area contributed by atoms with Crippen molar-refractivity contribution in [1.29, 1.82) is 0 Å². The van der Waals surface area contributed by atoms with Gasteiger partial charge < -0.3 is 37.3 Å². The summed E-state index contributed by atoms with van der Waals surface area (Å²) in [6.45, 7) is 0. The summed E-state index contributed by atoms with van der Waals surface area (Å²) in [7, 11) is 0. The zero-order valence-corrected chi connectivity index (χ0v) is 11.4. The van der Waals surface area contributed by atoms with Crippen molar-refractivity contribution >= 4 is 23.1 Å². The normalized spacial score (nSPS) is 5.14. The molecule has 14 heteroatoms. The Morgan fingerprint density at radius 2 is 0.429 bits per heavy atom. The first-order valence-electron chi connectivity index (χ1n) is 1.23. The van der Waals surface area contributed by atoms with Crippen LogP contribution in [0.15, 0.2) is 0 Å². The first-order valence-corrected chi connectivity index (χ1v) is 3.70. The average Bonchev–Trinajstić information content (AvgIpc) is 1.92. The molecule has 14 heavy (non-hydrogen) atoms. The first kappa shape index (κ1) is 36.0. The molecule has 0 aromatic rings. The van der Waals surface area contributed by atoms with E-state index in [1.807, 2.05) is 0 Å². The van der Waals surface area contributed by atoms with Crippen LogP contribution in [0.1, 0.15) is 0 Å². The van der Waals surface area contributed by atoms with E-state index in [0.717, 1.165) is 0 Å². The van der Waals surface area contributed by atoms with Crippen LogP contribution >= 0.6 is 0 Å². The fraction of sp³-hybridized carbons (Fsp3) is 0. The third-order valence-electron chi connectivity index (χ3n) is 0. The van der Waals surface area contributed by atoms with Crippen molar-refractivity contribution in [1.82, 2.24) is 0 Å². The summed E-state index contributed by atoms with van der Waals surface area (Å²) in [6, 6.07) is 0. The molecule has 0 aromatic carbocycles. The van der Waals surface area contributed by atoms with Crippen molar-refractivity contribution in [3.8, 4) is 0 Å². The molecule has 0 unspecified atom stereocenters. The molecular formula is Cl4FeMgO8. The van der Waals surface area contributed by atoms with Crippen LogP contribution in [-0.4, -0.2) is 23.1 Å². The molecule has 0 atom stereocenters. The van der Waals surface area contributed by atoms with Gasteiger partial charge in [-0.2, -0.15) is 0 Å². The maximum Gasteiger partial charge on any atom is 2.00 e. The van der Waals surface area contributed by atoms with E-state index in [0.29, 0.717) is 0 Å². The summed E-state index contributed by atoms with van der Waals surface area (Å²) >= 11 is -1.67. The molecule has 0 saturated carbocycles. The van der Waals surface area contributed by atoms with E-state index in [9.17, 15) is 0 Å². The Labute approximate surface area is 122 Å². The van der Waals surface area contributed by atoms with Gasteiger partial charge in [0.05, 0.1) is 45.3 Å². The third kappa shape index (κ3) is 539. The number of halogens is 4. The van der Waals surface area contributed by atoms with Crippen molar-refractivity contribution in [2.75, 3.05) is 0 Å². The maximum absolute atomic E-state index is 8.24. The van der Waals surface area contributed by atoms with Crippen molar-refractivity contribution in [2.24, 2.45) is 0 Å². The van der Waals surface area contributed by atoms with E-state index in [2.05, 4.69) is 0 Å². The fourth-order valence-electron chi connectivity index (χ4n) is 0.